The molecule has 0 aliphatic carbocycles. The van der Waals surface area contributed by atoms with Crippen molar-refractivity contribution in [1.82, 2.24) is 14.0 Å². The van der Waals surface area contributed by atoms with Gasteiger partial charge in [-0.2, -0.15) is 0 Å². The summed E-state index contributed by atoms with van der Waals surface area (Å²) >= 11 is 0. The molecule has 0 spiro atoms. The molecule has 1 aromatic carbocycles. The lowest BCUT2D eigenvalue weighted by Gasteiger charge is -2.32. The number of piperidine rings is 1. The molecule has 1 amide bonds. The van der Waals surface area contributed by atoms with Crippen LogP contribution < -0.4 is 11.2 Å². The van der Waals surface area contributed by atoms with E-state index in [2.05, 4.69) is 0 Å². The average molecular weight is 359 g/mol. The molecule has 7 heteroatoms. The molecule has 0 radical (unpaired) electrons. The third-order valence-electron chi connectivity index (χ3n) is 4.88. The molecule has 0 saturated carbocycles. The summed E-state index contributed by atoms with van der Waals surface area (Å²) in [5.74, 6) is -0.122. The second-order valence-corrected chi connectivity index (χ2v) is 6.49. The zero-order valence-electron chi connectivity index (χ0n) is 15.3. The summed E-state index contributed by atoms with van der Waals surface area (Å²) in [5, 5.41) is 0.451. The van der Waals surface area contributed by atoms with Gasteiger partial charge < -0.3 is 9.64 Å². The maximum Gasteiger partial charge on any atom is 0.331 e. The summed E-state index contributed by atoms with van der Waals surface area (Å²) in [6.45, 7) is 5.74. The number of ether oxygens (including phenoxy) is 1. The second kappa shape index (κ2) is 7.86. The van der Waals surface area contributed by atoms with Gasteiger partial charge in [0.25, 0.3) is 5.56 Å². The molecule has 1 aliphatic rings. The molecule has 1 fully saturated rings. The predicted octanol–water partition coefficient (Wildman–Crippen LogP) is 1.21. The van der Waals surface area contributed by atoms with Crippen LogP contribution in [0.15, 0.2) is 33.9 Å². The van der Waals surface area contributed by atoms with Gasteiger partial charge in [0.05, 0.1) is 17.0 Å². The molecule has 1 unspecified atom stereocenters. The average Bonchev–Trinajstić information content (AvgIpc) is 2.66. The Morgan fingerprint density at radius 3 is 2.69 bits per heavy atom. The molecular formula is C19H25N3O4. The van der Waals surface area contributed by atoms with Gasteiger partial charge in [-0.25, -0.2) is 4.79 Å². The fraction of sp³-hybridized carbons (Fsp3) is 0.526. The molecule has 1 aliphatic heterocycles. The summed E-state index contributed by atoms with van der Waals surface area (Å²) in [5.41, 5.74) is -0.256. The fourth-order valence-electron chi connectivity index (χ4n) is 3.57. The van der Waals surface area contributed by atoms with Crippen molar-refractivity contribution in [3.63, 3.8) is 0 Å². The highest BCUT2D eigenvalue weighted by molar-refractivity contribution is 5.81. The van der Waals surface area contributed by atoms with E-state index in [-0.39, 0.29) is 30.7 Å². The van der Waals surface area contributed by atoms with Gasteiger partial charge in [0.2, 0.25) is 5.91 Å². The highest BCUT2D eigenvalue weighted by atomic mass is 16.5. The molecule has 3 rings (SSSR count). The van der Waals surface area contributed by atoms with Gasteiger partial charge in [0, 0.05) is 26.2 Å². The van der Waals surface area contributed by atoms with Crippen LogP contribution in [0, 0.1) is 0 Å². The molecule has 140 valence electrons. The zero-order chi connectivity index (χ0) is 18.7. The number of benzene rings is 1. The van der Waals surface area contributed by atoms with Crippen LogP contribution in [-0.4, -0.2) is 45.7 Å². The second-order valence-electron chi connectivity index (χ2n) is 6.49. The number of carbonyl (C=O) groups excluding carboxylic acids is 1. The summed E-state index contributed by atoms with van der Waals surface area (Å²) in [4.78, 5) is 39.8. The van der Waals surface area contributed by atoms with E-state index in [1.54, 1.807) is 36.1 Å². The van der Waals surface area contributed by atoms with Crippen molar-refractivity contribution in [3.05, 3.63) is 45.1 Å². The van der Waals surface area contributed by atoms with E-state index in [1.165, 1.54) is 9.13 Å². The number of aromatic nitrogens is 2. The lowest BCUT2D eigenvalue weighted by molar-refractivity contribution is -0.135. The van der Waals surface area contributed by atoms with Crippen LogP contribution in [0.2, 0.25) is 0 Å². The number of fused-ring (bicyclic) bond motifs is 1. The monoisotopic (exact) mass is 359 g/mol. The van der Waals surface area contributed by atoms with E-state index < -0.39 is 5.69 Å². The predicted molar refractivity (Wildman–Crippen MR) is 99.4 cm³/mol. The van der Waals surface area contributed by atoms with E-state index in [9.17, 15) is 14.4 Å². The molecule has 26 heavy (non-hydrogen) atoms. The van der Waals surface area contributed by atoms with Crippen LogP contribution in [0.3, 0.4) is 0 Å². The van der Waals surface area contributed by atoms with Crippen molar-refractivity contribution < 1.29 is 9.53 Å². The third kappa shape index (κ3) is 3.44. The Labute approximate surface area is 151 Å². The Hall–Kier alpha value is -2.41. The molecular weight excluding hydrogens is 334 g/mol. The number of hydrogen-bond acceptors (Lipinski definition) is 4. The normalized spacial score (nSPS) is 17.6. The number of carbonyl (C=O) groups is 1. The van der Waals surface area contributed by atoms with E-state index in [4.69, 9.17) is 4.74 Å². The lowest BCUT2D eigenvalue weighted by Crippen LogP contribution is -2.47. The largest absolute Gasteiger partial charge is 0.377 e. The van der Waals surface area contributed by atoms with Crippen LogP contribution in [0.5, 0.6) is 0 Å². The Morgan fingerprint density at radius 2 is 1.96 bits per heavy atom. The molecule has 1 atom stereocenters. The van der Waals surface area contributed by atoms with E-state index in [0.717, 1.165) is 12.8 Å². The Balaban J connectivity index is 1.94. The third-order valence-corrected chi connectivity index (χ3v) is 4.88. The van der Waals surface area contributed by atoms with Gasteiger partial charge in [-0.15, -0.1) is 0 Å². The minimum absolute atomic E-state index is 0.0516. The minimum Gasteiger partial charge on any atom is -0.377 e. The molecule has 0 bridgehead atoms. The molecule has 1 aromatic heterocycles. The minimum atomic E-state index is -0.442. The standard InChI is InChI=1S/C19H25N3O4/c1-3-21-18(24)15-9-5-6-10-16(15)22(19(21)25)13-17(23)20-11-7-8-14(12-20)26-4-2/h5-6,9-10,14H,3-4,7-8,11-13H2,1-2H3. The van der Waals surface area contributed by atoms with Crippen molar-refractivity contribution in [2.45, 2.75) is 45.9 Å². The van der Waals surface area contributed by atoms with E-state index in [1.807, 2.05) is 6.92 Å². The van der Waals surface area contributed by atoms with Crippen molar-refractivity contribution >= 4 is 16.8 Å². The van der Waals surface area contributed by atoms with Gasteiger partial charge in [-0.1, -0.05) is 12.1 Å². The summed E-state index contributed by atoms with van der Waals surface area (Å²) in [6, 6.07) is 6.93. The smallest absolute Gasteiger partial charge is 0.331 e. The van der Waals surface area contributed by atoms with Crippen molar-refractivity contribution in [2.24, 2.45) is 0 Å². The molecule has 1 saturated heterocycles. The Kier molecular flexibility index (Phi) is 5.56. The zero-order valence-corrected chi connectivity index (χ0v) is 15.3. The van der Waals surface area contributed by atoms with Crippen LogP contribution >= 0.6 is 0 Å². The number of hydrogen-bond donors (Lipinski definition) is 0. The Morgan fingerprint density at radius 1 is 1.19 bits per heavy atom. The molecule has 2 heterocycles. The highest BCUT2D eigenvalue weighted by Gasteiger charge is 2.25. The van der Waals surface area contributed by atoms with Crippen molar-refractivity contribution in [1.29, 1.82) is 0 Å². The number of para-hydroxylation sites is 1. The van der Waals surface area contributed by atoms with Gasteiger partial charge >= 0.3 is 5.69 Å². The first kappa shape index (κ1) is 18.4. The van der Waals surface area contributed by atoms with Gasteiger partial charge in [-0.3, -0.25) is 18.7 Å². The maximum atomic E-state index is 12.8. The topological polar surface area (TPSA) is 73.5 Å². The molecule has 2 aromatic rings. The highest BCUT2D eigenvalue weighted by Crippen LogP contribution is 2.14. The number of nitrogens with zero attached hydrogens (tertiary/aromatic N) is 3. The fourth-order valence-corrected chi connectivity index (χ4v) is 3.57. The van der Waals surface area contributed by atoms with E-state index in [0.29, 0.717) is 30.6 Å². The van der Waals surface area contributed by atoms with Crippen LogP contribution in [0.25, 0.3) is 10.9 Å². The number of rotatable bonds is 5. The lowest BCUT2D eigenvalue weighted by atomic mass is 10.1. The first-order valence-electron chi connectivity index (χ1n) is 9.18. The summed E-state index contributed by atoms with van der Waals surface area (Å²) in [6.07, 6.45) is 1.89. The maximum absolute atomic E-state index is 12.8. The summed E-state index contributed by atoms with van der Waals surface area (Å²) < 4.78 is 8.24. The van der Waals surface area contributed by atoms with Crippen molar-refractivity contribution in [2.75, 3.05) is 19.7 Å². The number of amides is 1. The molecule has 7 nitrogen and oxygen atoms in total. The summed E-state index contributed by atoms with van der Waals surface area (Å²) in [7, 11) is 0. The van der Waals surface area contributed by atoms with Gasteiger partial charge in [-0.05, 0) is 38.8 Å². The van der Waals surface area contributed by atoms with Crippen molar-refractivity contribution in [3.8, 4) is 0 Å². The van der Waals surface area contributed by atoms with Crippen LogP contribution in [0.1, 0.15) is 26.7 Å². The quantitative estimate of drug-likeness (QED) is 0.804. The SMILES string of the molecule is CCOC1CCCN(C(=O)Cn2c(=O)n(CC)c(=O)c3ccccc32)C1. The van der Waals surface area contributed by atoms with Crippen LogP contribution in [-0.2, 0) is 22.6 Å². The Bertz CT molecular complexity index is 913. The van der Waals surface area contributed by atoms with E-state index >= 15 is 0 Å². The first-order chi connectivity index (χ1) is 12.6. The molecule has 0 N–H and O–H groups in total. The van der Waals surface area contributed by atoms with Gasteiger partial charge in [0.1, 0.15) is 6.54 Å². The number of likely N-dealkylation sites (tertiary alicyclic amines) is 1. The van der Waals surface area contributed by atoms with Crippen LogP contribution in [0.4, 0.5) is 0 Å². The first-order valence-corrected chi connectivity index (χ1v) is 9.18. The van der Waals surface area contributed by atoms with Gasteiger partial charge in [0.15, 0.2) is 0 Å².